The van der Waals surface area contributed by atoms with Gasteiger partial charge in [0, 0.05) is 0 Å². The van der Waals surface area contributed by atoms with Crippen molar-refractivity contribution in [3.63, 3.8) is 0 Å². The van der Waals surface area contributed by atoms with Gasteiger partial charge in [-0.3, -0.25) is 0 Å². The summed E-state index contributed by atoms with van der Waals surface area (Å²) in [5.74, 6) is 1.11. The van der Waals surface area contributed by atoms with Crippen LogP contribution in [0.5, 0.6) is 0 Å². The monoisotopic (exact) mass is 271 g/mol. The van der Waals surface area contributed by atoms with Crippen LogP contribution < -0.4 is 0 Å². The van der Waals surface area contributed by atoms with Crippen LogP contribution in [0, 0.1) is 2.88 Å². The van der Waals surface area contributed by atoms with E-state index in [2.05, 4.69) is 34.5 Å². The highest BCUT2D eigenvalue weighted by Gasteiger charge is 1.96. The third-order valence-corrected chi connectivity index (χ3v) is 3.49. The lowest BCUT2D eigenvalue weighted by molar-refractivity contribution is 1.24. The fourth-order valence-corrected chi connectivity index (χ4v) is 3.25. The molecular weight excluding hydrogens is 265 g/mol. The van der Waals surface area contributed by atoms with Gasteiger partial charge in [-0.25, -0.2) is 4.98 Å². The second-order valence-corrected chi connectivity index (χ2v) is 5.80. The zero-order chi connectivity index (χ0) is 6.69. The third-order valence-electron chi connectivity index (χ3n) is 0.724. The molecule has 9 heavy (non-hydrogen) atoms. The van der Waals surface area contributed by atoms with Crippen molar-refractivity contribution in [2.45, 2.75) is 11.3 Å². The molecule has 0 spiro atoms. The molecule has 0 aliphatic carbocycles. The molecule has 1 aromatic heterocycles. The maximum absolute atomic E-state index is 4.18. The van der Waals surface area contributed by atoms with Crippen LogP contribution >= 0.6 is 45.7 Å². The Labute approximate surface area is 76.4 Å². The minimum atomic E-state index is 1.11. The summed E-state index contributed by atoms with van der Waals surface area (Å²) in [5, 5.41) is 0. The second kappa shape index (κ2) is 3.78. The lowest BCUT2D eigenvalue weighted by Crippen LogP contribution is -1.65. The van der Waals surface area contributed by atoms with E-state index in [0.29, 0.717) is 0 Å². The first-order chi connectivity index (χ1) is 4.33. The molecule has 1 heterocycles. The molecule has 0 amide bonds. The molecule has 1 rings (SSSR count). The molecule has 4 heteroatoms. The highest BCUT2D eigenvalue weighted by atomic mass is 127. The molecule has 0 aliphatic rings. The Hall–Kier alpha value is 0.710. The molecule has 0 fully saturated rings. The number of aromatic nitrogens is 1. The number of halogens is 1. The van der Waals surface area contributed by atoms with Crippen LogP contribution in [0.4, 0.5) is 0 Å². The minimum Gasteiger partial charge on any atom is -0.237 e. The molecule has 0 N–H and O–H groups in total. The van der Waals surface area contributed by atoms with Gasteiger partial charge in [0.25, 0.3) is 0 Å². The molecule has 1 aromatic rings. The molecule has 0 bridgehead atoms. The van der Waals surface area contributed by atoms with Gasteiger partial charge in [-0.1, -0.05) is 18.7 Å². The Kier molecular flexibility index (Phi) is 3.28. The van der Waals surface area contributed by atoms with Crippen LogP contribution in [0.1, 0.15) is 6.92 Å². The molecule has 0 saturated heterocycles. The lowest BCUT2D eigenvalue weighted by Gasteiger charge is -1.84. The summed E-state index contributed by atoms with van der Waals surface area (Å²) in [7, 11) is 0. The van der Waals surface area contributed by atoms with E-state index >= 15 is 0 Å². The van der Waals surface area contributed by atoms with Gasteiger partial charge in [0.1, 0.15) is 0 Å². The molecule has 0 radical (unpaired) electrons. The predicted octanol–water partition coefficient (Wildman–Crippen LogP) is 2.86. The van der Waals surface area contributed by atoms with E-state index in [-0.39, 0.29) is 0 Å². The predicted molar refractivity (Wildman–Crippen MR) is 51.2 cm³/mol. The van der Waals surface area contributed by atoms with Crippen molar-refractivity contribution in [3.05, 3.63) is 9.08 Å². The number of hydrogen-bond acceptors (Lipinski definition) is 3. The van der Waals surface area contributed by atoms with Crippen LogP contribution in [0.3, 0.4) is 0 Å². The van der Waals surface area contributed by atoms with Crippen LogP contribution in [-0.4, -0.2) is 10.7 Å². The Balaban J connectivity index is 2.61. The fourth-order valence-electron chi connectivity index (χ4n) is 0.430. The minimum absolute atomic E-state index is 1.11. The van der Waals surface area contributed by atoms with Crippen molar-refractivity contribution in [2.24, 2.45) is 0 Å². The number of nitrogens with zero attached hydrogens (tertiary/aromatic N) is 1. The molecule has 50 valence electrons. The van der Waals surface area contributed by atoms with Gasteiger partial charge in [0.05, 0.1) is 9.08 Å². The van der Waals surface area contributed by atoms with Crippen molar-refractivity contribution in [1.82, 2.24) is 4.98 Å². The average molecular weight is 271 g/mol. The zero-order valence-corrected chi connectivity index (χ0v) is 8.72. The highest BCUT2D eigenvalue weighted by molar-refractivity contribution is 14.1. The standard InChI is InChI=1S/C5H6INS2/c1-2-8-5-7-3-4(6)9-5/h3H,2H2,1H3. The topological polar surface area (TPSA) is 12.9 Å². The van der Waals surface area contributed by atoms with E-state index in [1.54, 1.807) is 23.1 Å². The third kappa shape index (κ3) is 2.43. The quantitative estimate of drug-likeness (QED) is 0.606. The Bertz CT molecular complexity index is 187. The van der Waals surface area contributed by atoms with Crippen molar-refractivity contribution in [1.29, 1.82) is 0 Å². The van der Waals surface area contributed by atoms with Crippen molar-refractivity contribution in [2.75, 3.05) is 5.75 Å². The molecule has 0 atom stereocenters. The first-order valence-electron chi connectivity index (χ1n) is 2.57. The number of thiazole rings is 1. The Morgan fingerprint density at radius 2 is 2.67 bits per heavy atom. The molecule has 0 aliphatic heterocycles. The normalized spacial score (nSPS) is 10.0. The lowest BCUT2D eigenvalue weighted by atomic mass is 11.0. The van der Waals surface area contributed by atoms with Crippen LogP contribution in [-0.2, 0) is 0 Å². The highest BCUT2D eigenvalue weighted by Crippen LogP contribution is 2.24. The first-order valence-corrected chi connectivity index (χ1v) is 5.45. The zero-order valence-electron chi connectivity index (χ0n) is 4.93. The summed E-state index contributed by atoms with van der Waals surface area (Å²) >= 11 is 5.83. The van der Waals surface area contributed by atoms with Gasteiger partial charge in [0.15, 0.2) is 4.34 Å². The van der Waals surface area contributed by atoms with Crippen LogP contribution in [0.15, 0.2) is 10.5 Å². The summed E-state index contributed by atoms with van der Waals surface area (Å²) in [4.78, 5) is 4.18. The summed E-state index contributed by atoms with van der Waals surface area (Å²) in [6.07, 6.45) is 1.91. The largest absolute Gasteiger partial charge is 0.237 e. The van der Waals surface area contributed by atoms with E-state index in [4.69, 9.17) is 0 Å². The SMILES string of the molecule is CCSc1ncc(I)s1. The van der Waals surface area contributed by atoms with Gasteiger partial charge < -0.3 is 0 Å². The van der Waals surface area contributed by atoms with Crippen molar-refractivity contribution < 1.29 is 0 Å². The fraction of sp³-hybridized carbons (Fsp3) is 0.400. The number of hydrogen-bond donors (Lipinski definition) is 0. The van der Waals surface area contributed by atoms with Crippen molar-refractivity contribution >= 4 is 45.7 Å². The first kappa shape index (κ1) is 7.81. The molecule has 0 saturated carbocycles. The smallest absolute Gasteiger partial charge is 0.150 e. The van der Waals surface area contributed by atoms with E-state index in [9.17, 15) is 0 Å². The molecule has 0 aromatic carbocycles. The Morgan fingerprint density at radius 3 is 3.11 bits per heavy atom. The summed E-state index contributed by atoms with van der Waals surface area (Å²) in [6, 6.07) is 0. The maximum atomic E-state index is 4.18. The van der Waals surface area contributed by atoms with Gasteiger partial charge in [-0.2, -0.15) is 0 Å². The summed E-state index contributed by atoms with van der Waals surface area (Å²) in [5.41, 5.74) is 0. The van der Waals surface area contributed by atoms with Crippen LogP contribution in [0.2, 0.25) is 0 Å². The van der Waals surface area contributed by atoms with E-state index in [1.807, 2.05) is 6.20 Å². The van der Waals surface area contributed by atoms with Crippen LogP contribution in [0.25, 0.3) is 0 Å². The van der Waals surface area contributed by atoms with E-state index < -0.39 is 0 Å². The van der Waals surface area contributed by atoms with E-state index in [0.717, 1.165) is 5.75 Å². The van der Waals surface area contributed by atoms with Gasteiger partial charge in [-0.05, 0) is 28.3 Å². The molecular formula is C5H6INS2. The van der Waals surface area contributed by atoms with E-state index in [1.165, 1.54) is 7.22 Å². The maximum Gasteiger partial charge on any atom is 0.150 e. The van der Waals surface area contributed by atoms with Crippen molar-refractivity contribution in [3.8, 4) is 0 Å². The average Bonchev–Trinajstić information content (AvgIpc) is 2.17. The second-order valence-electron chi connectivity index (χ2n) is 1.36. The number of rotatable bonds is 2. The number of thioether (sulfide) groups is 1. The Morgan fingerprint density at radius 1 is 1.89 bits per heavy atom. The van der Waals surface area contributed by atoms with Gasteiger partial charge in [-0.15, -0.1) is 11.3 Å². The van der Waals surface area contributed by atoms with Gasteiger partial charge >= 0.3 is 0 Å². The molecule has 1 nitrogen and oxygen atoms in total. The summed E-state index contributed by atoms with van der Waals surface area (Å²) in [6.45, 7) is 2.14. The van der Waals surface area contributed by atoms with Gasteiger partial charge in [0.2, 0.25) is 0 Å². The molecule has 0 unspecified atom stereocenters. The summed E-state index contributed by atoms with van der Waals surface area (Å²) < 4.78 is 2.45.